The molecule has 0 amide bonds. The van der Waals surface area contributed by atoms with Crippen molar-refractivity contribution in [1.82, 2.24) is 9.97 Å². The molecular formula is C8H8N2. The lowest BCUT2D eigenvalue weighted by atomic mass is 10.3. The number of nitrogens with zero attached hydrogens (tertiary/aromatic N) is 1. The minimum atomic E-state index is 1.03. The van der Waals surface area contributed by atoms with Crippen LogP contribution in [-0.2, 0) is 0 Å². The van der Waals surface area contributed by atoms with Gasteiger partial charge in [-0.3, -0.25) is 4.98 Å². The first kappa shape index (κ1) is 5.47. The lowest BCUT2D eigenvalue weighted by Gasteiger charge is -1.89. The molecule has 0 spiro atoms. The van der Waals surface area contributed by atoms with Gasteiger partial charge in [0.05, 0.1) is 11.0 Å². The largest absolute Gasteiger partial charge is 0.360 e. The van der Waals surface area contributed by atoms with Crippen LogP contribution in [0.5, 0.6) is 0 Å². The van der Waals surface area contributed by atoms with Gasteiger partial charge in [-0.05, 0) is 24.6 Å². The van der Waals surface area contributed by atoms with Crippen LogP contribution in [0.4, 0.5) is 0 Å². The van der Waals surface area contributed by atoms with Gasteiger partial charge in [-0.1, -0.05) is 0 Å². The lowest BCUT2D eigenvalue weighted by Crippen LogP contribution is -1.76. The van der Waals surface area contributed by atoms with Crippen LogP contribution in [0, 0.1) is 6.92 Å². The Kier molecular flexibility index (Phi) is 1.01. The van der Waals surface area contributed by atoms with E-state index in [1.54, 1.807) is 0 Å². The third-order valence-electron chi connectivity index (χ3n) is 1.54. The summed E-state index contributed by atoms with van der Waals surface area (Å²) in [4.78, 5) is 7.31. The molecule has 2 heteroatoms. The molecule has 0 aliphatic heterocycles. The second-order valence-corrected chi connectivity index (χ2v) is 2.42. The number of pyridine rings is 1. The molecule has 2 aromatic heterocycles. The fourth-order valence-electron chi connectivity index (χ4n) is 1.04. The molecule has 2 aromatic rings. The molecule has 0 aliphatic rings. The Balaban J connectivity index is 2.86. The summed E-state index contributed by atoms with van der Waals surface area (Å²) in [5.74, 6) is 0. The van der Waals surface area contributed by atoms with Gasteiger partial charge in [0.25, 0.3) is 0 Å². The van der Waals surface area contributed by atoms with E-state index in [4.69, 9.17) is 0 Å². The van der Waals surface area contributed by atoms with Crippen molar-refractivity contribution in [2.75, 3.05) is 0 Å². The van der Waals surface area contributed by atoms with Gasteiger partial charge in [-0.25, -0.2) is 0 Å². The fraction of sp³-hybridized carbons (Fsp3) is 0.125. The molecule has 0 radical (unpaired) electrons. The lowest BCUT2D eigenvalue weighted by molar-refractivity contribution is 1.33. The predicted molar refractivity (Wildman–Crippen MR) is 40.8 cm³/mol. The predicted octanol–water partition coefficient (Wildman–Crippen LogP) is 1.87. The second-order valence-electron chi connectivity index (χ2n) is 2.42. The number of rotatable bonds is 0. The molecule has 10 heavy (non-hydrogen) atoms. The average Bonchev–Trinajstić information content (AvgIpc) is 2.33. The third kappa shape index (κ3) is 0.692. The van der Waals surface area contributed by atoms with Crippen molar-refractivity contribution in [2.24, 2.45) is 0 Å². The van der Waals surface area contributed by atoms with Crippen LogP contribution in [0.2, 0.25) is 0 Å². The summed E-state index contributed by atoms with van der Waals surface area (Å²) < 4.78 is 0. The van der Waals surface area contributed by atoms with E-state index in [0.29, 0.717) is 0 Å². The van der Waals surface area contributed by atoms with Gasteiger partial charge in [-0.2, -0.15) is 0 Å². The Morgan fingerprint density at radius 1 is 1.50 bits per heavy atom. The summed E-state index contributed by atoms with van der Waals surface area (Å²) in [6, 6.07) is 4.05. The van der Waals surface area contributed by atoms with Crippen molar-refractivity contribution in [1.29, 1.82) is 0 Å². The number of aryl methyl sites for hydroxylation is 1. The smallest absolute Gasteiger partial charge is 0.0878 e. The maximum absolute atomic E-state index is 4.21. The Morgan fingerprint density at radius 2 is 2.40 bits per heavy atom. The van der Waals surface area contributed by atoms with Gasteiger partial charge in [0.1, 0.15) is 0 Å². The molecule has 50 valence electrons. The monoisotopic (exact) mass is 132 g/mol. The van der Waals surface area contributed by atoms with Gasteiger partial charge in [0.15, 0.2) is 0 Å². The van der Waals surface area contributed by atoms with E-state index in [9.17, 15) is 0 Å². The van der Waals surface area contributed by atoms with Crippen LogP contribution in [-0.4, -0.2) is 9.97 Å². The first-order valence-electron chi connectivity index (χ1n) is 3.26. The van der Waals surface area contributed by atoms with Crippen molar-refractivity contribution in [2.45, 2.75) is 6.92 Å². The highest BCUT2D eigenvalue weighted by Gasteiger charge is 1.92. The van der Waals surface area contributed by atoms with E-state index in [-0.39, 0.29) is 0 Å². The summed E-state index contributed by atoms with van der Waals surface area (Å²) in [7, 11) is 0. The Labute approximate surface area is 58.9 Å². The standard InChI is InChI=1S/C8H8N2/c1-6-4-8-7(10-5-6)2-3-9-8/h2-5,9H,1H3. The minimum Gasteiger partial charge on any atom is -0.360 e. The van der Waals surface area contributed by atoms with Gasteiger partial charge in [-0.15, -0.1) is 0 Å². The van der Waals surface area contributed by atoms with E-state index in [2.05, 4.69) is 16.0 Å². The zero-order valence-corrected chi connectivity index (χ0v) is 5.76. The summed E-state index contributed by atoms with van der Waals surface area (Å²) in [6.45, 7) is 2.04. The highest BCUT2D eigenvalue weighted by molar-refractivity contribution is 5.74. The summed E-state index contributed by atoms with van der Waals surface area (Å²) in [5.41, 5.74) is 3.33. The fourth-order valence-corrected chi connectivity index (χ4v) is 1.04. The maximum Gasteiger partial charge on any atom is 0.0878 e. The SMILES string of the molecule is Cc1cnc2cc[nH]c2c1. The zero-order chi connectivity index (χ0) is 6.97. The van der Waals surface area contributed by atoms with E-state index < -0.39 is 0 Å². The quantitative estimate of drug-likeness (QED) is 0.582. The van der Waals surface area contributed by atoms with Gasteiger partial charge in [0.2, 0.25) is 0 Å². The van der Waals surface area contributed by atoms with Crippen molar-refractivity contribution >= 4 is 11.0 Å². The normalized spacial score (nSPS) is 10.5. The number of nitrogens with one attached hydrogen (secondary N) is 1. The molecular weight excluding hydrogens is 124 g/mol. The molecule has 0 bridgehead atoms. The molecule has 0 atom stereocenters. The number of aromatic amines is 1. The molecule has 0 saturated heterocycles. The molecule has 0 saturated carbocycles. The van der Waals surface area contributed by atoms with Gasteiger partial charge < -0.3 is 4.98 Å². The molecule has 0 fully saturated rings. The van der Waals surface area contributed by atoms with Gasteiger partial charge >= 0.3 is 0 Å². The number of H-pyrrole nitrogens is 1. The van der Waals surface area contributed by atoms with Crippen molar-refractivity contribution in [3.8, 4) is 0 Å². The molecule has 0 unspecified atom stereocenters. The van der Waals surface area contributed by atoms with E-state index >= 15 is 0 Å². The molecule has 0 aromatic carbocycles. The van der Waals surface area contributed by atoms with Gasteiger partial charge in [0, 0.05) is 12.4 Å². The molecule has 2 heterocycles. The third-order valence-corrected chi connectivity index (χ3v) is 1.54. The maximum atomic E-state index is 4.21. The van der Waals surface area contributed by atoms with Crippen molar-refractivity contribution in [3.05, 3.63) is 30.1 Å². The van der Waals surface area contributed by atoms with E-state index in [0.717, 1.165) is 11.0 Å². The molecule has 2 rings (SSSR count). The number of aromatic nitrogens is 2. The number of hydrogen-bond donors (Lipinski definition) is 1. The summed E-state index contributed by atoms with van der Waals surface area (Å²) >= 11 is 0. The zero-order valence-electron chi connectivity index (χ0n) is 5.76. The first-order valence-corrected chi connectivity index (χ1v) is 3.26. The van der Waals surface area contributed by atoms with Crippen molar-refractivity contribution in [3.63, 3.8) is 0 Å². The van der Waals surface area contributed by atoms with Crippen LogP contribution >= 0.6 is 0 Å². The topological polar surface area (TPSA) is 28.7 Å². The highest BCUT2D eigenvalue weighted by atomic mass is 14.7. The van der Waals surface area contributed by atoms with Crippen LogP contribution in [0.3, 0.4) is 0 Å². The minimum absolute atomic E-state index is 1.03. The Morgan fingerprint density at radius 3 is 3.30 bits per heavy atom. The van der Waals surface area contributed by atoms with Crippen LogP contribution in [0.1, 0.15) is 5.56 Å². The van der Waals surface area contributed by atoms with Crippen LogP contribution < -0.4 is 0 Å². The first-order chi connectivity index (χ1) is 4.86. The van der Waals surface area contributed by atoms with E-state index in [1.807, 2.05) is 25.4 Å². The number of hydrogen-bond acceptors (Lipinski definition) is 1. The highest BCUT2D eigenvalue weighted by Crippen LogP contribution is 2.09. The summed E-state index contributed by atoms with van der Waals surface area (Å²) in [6.07, 6.45) is 3.77. The van der Waals surface area contributed by atoms with Crippen LogP contribution in [0.25, 0.3) is 11.0 Å². The second kappa shape index (κ2) is 1.84. The molecule has 2 nitrogen and oxygen atoms in total. The van der Waals surface area contributed by atoms with E-state index in [1.165, 1.54) is 5.56 Å². The number of fused-ring (bicyclic) bond motifs is 1. The Hall–Kier alpha value is -1.31. The van der Waals surface area contributed by atoms with Crippen molar-refractivity contribution < 1.29 is 0 Å². The molecule has 1 N–H and O–H groups in total. The van der Waals surface area contributed by atoms with Crippen LogP contribution in [0.15, 0.2) is 24.5 Å². The summed E-state index contributed by atoms with van der Waals surface area (Å²) in [5, 5.41) is 0. The molecule has 0 aliphatic carbocycles. The Bertz CT molecular complexity index is 349. The average molecular weight is 132 g/mol.